The predicted octanol–water partition coefficient (Wildman–Crippen LogP) is 34.5. The molecule has 3 heterocycles. The Balaban J connectivity index is 0.619. The largest absolute Gasteiger partial charge is 0.310 e. The SMILES string of the molecule is CC(C)(C)c1ccc2c3c(-c4cccc(N(c5ccc(-c6ccc7ccccc7c6)cc5)c5ccc(-c6ccc7ccccc7c6)cc5)c4)cc(C(C)(C)C)cc3n(-c3ccc(-c4ccc5ccc(-c6ccc(N7c8cccc(c8)-c8cc(cc9c8c8ccc(C(C)(C)C)cc8n9-c8ccccc8)C(C)(C)c8cccc(c8)-c8ccccc87)cc6)cc5c4)cc3)c2c1. The second-order valence-electron chi connectivity index (χ2n) is 38.6. The van der Waals surface area contributed by atoms with E-state index in [9.17, 15) is 0 Å². The molecule has 1 aliphatic rings. The van der Waals surface area contributed by atoms with Crippen molar-refractivity contribution in [3.05, 3.63) is 434 Å². The molecule has 4 heteroatoms. The highest BCUT2D eigenvalue weighted by Gasteiger charge is 2.32. The molecule has 0 spiro atoms. The van der Waals surface area contributed by atoms with Gasteiger partial charge in [-0.1, -0.05) is 331 Å². The molecule has 0 N–H and O–H groups in total. The maximum atomic E-state index is 2.54. The fourth-order valence-electron chi connectivity index (χ4n) is 19.8. The van der Waals surface area contributed by atoms with Gasteiger partial charge in [-0.3, -0.25) is 0 Å². The second kappa shape index (κ2) is 30.3. The molecule has 0 saturated heterocycles. The van der Waals surface area contributed by atoms with Gasteiger partial charge in [0.1, 0.15) is 0 Å². The van der Waals surface area contributed by atoms with E-state index in [1.54, 1.807) is 0 Å². The lowest BCUT2D eigenvalue weighted by Gasteiger charge is -2.29. The van der Waals surface area contributed by atoms with Crippen molar-refractivity contribution in [1.29, 1.82) is 0 Å². The number of aromatic nitrogens is 2. The van der Waals surface area contributed by atoms with Crippen molar-refractivity contribution in [2.24, 2.45) is 0 Å². The first-order valence-corrected chi connectivity index (χ1v) is 44.8. The Labute approximate surface area is 745 Å². The van der Waals surface area contributed by atoms with Crippen LogP contribution >= 0.6 is 0 Å². The normalized spacial score (nSPS) is 12.9. The summed E-state index contributed by atoms with van der Waals surface area (Å²) in [6, 6.07) is 154. The fraction of sp³-hybridized carbons (Fsp3) is 0.122. The van der Waals surface area contributed by atoms with Crippen LogP contribution in [-0.2, 0) is 21.7 Å². The van der Waals surface area contributed by atoms with Gasteiger partial charge in [0.25, 0.3) is 0 Å². The van der Waals surface area contributed by atoms with Gasteiger partial charge in [-0.2, -0.15) is 0 Å². The van der Waals surface area contributed by atoms with E-state index >= 15 is 0 Å². The Morgan fingerprint density at radius 2 is 0.622 bits per heavy atom. The van der Waals surface area contributed by atoms with E-state index in [0.717, 1.165) is 67.8 Å². The zero-order chi connectivity index (χ0) is 86.4. The summed E-state index contributed by atoms with van der Waals surface area (Å²) in [7, 11) is 0. The molecule has 22 rings (SSSR count). The Kier molecular flexibility index (Phi) is 18.6. The molecule has 21 aromatic rings. The highest BCUT2D eigenvalue weighted by molar-refractivity contribution is 6.18. The number of hydrogen-bond donors (Lipinski definition) is 0. The lowest BCUT2D eigenvalue weighted by atomic mass is 9.76. The van der Waals surface area contributed by atoms with Crippen LogP contribution in [0.25, 0.3) is 165 Å². The third kappa shape index (κ3) is 13.9. The maximum Gasteiger partial charge on any atom is 0.0550 e. The molecule has 0 aliphatic carbocycles. The Morgan fingerprint density at radius 3 is 1.16 bits per heavy atom. The van der Waals surface area contributed by atoms with Crippen LogP contribution in [0.4, 0.5) is 34.1 Å². The average Bonchev–Trinajstić information content (AvgIpc) is 1.57. The lowest BCUT2D eigenvalue weighted by Crippen LogP contribution is -2.19. The topological polar surface area (TPSA) is 16.3 Å². The molecule has 0 fully saturated rings. The van der Waals surface area contributed by atoms with E-state index in [-0.39, 0.29) is 21.7 Å². The number of para-hydroxylation sites is 2. The molecular formula is C123H100N4. The summed E-state index contributed by atoms with van der Waals surface area (Å²) in [5.41, 5.74) is 35.7. The molecule has 6 bridgehead atoms. The van der Waals surface area contributed by atoms with E-state index in [4.69, 9.17) is 0 Å². The molecule has 1 aliphatic heterocycles. The van der Waals surface area contributed by atoms with Gasteiger partial charge in [-0.15, -0.1) is 0 Å². The number of nitrogens with zero attached hydrogens (tertiary/aromatic N) is 4. The summed E-state index contributed by atoms with van der Waals surface area (Å²) in [5, 5.41) is 12.3. The van der Waals surface area contributed by atoms with Crippen LogP contribution in [0.15, 0.2) is 406 Å². The van der Waals surface area contributed by atoms with E-state index in [2.05, 4.69) is 502 Å². The standard InChI is InChI=1S/C123H100N4/c1-120(2,3)96-54-64-109-114(75-96)126(101-32-13-12-14-33-101)117-78-100-74-112(119(109)117)94-30-23-35-107(72-94)125(113-37-20-19-36-108(113)92-28-21-31-98(70-92)123(100,10)11)104-60-50-83(51-61-104)90-44-40-85-41-45-91(69-95(85)68-90)84-52-62-105(63-53-84)127-115-76-97(121(4,5)6)55-65-110(115)118-111(73-99(77-116(118)127)122(7,8)9)93-29-22-34-106(71-93)124(102-56-46-81(47-57-102)88-42-38-79-24-15-17-26-86(79)66-88)103-58-48-82(49-59-103)89-43-39-80-25-16-18-27-87(80)67-89/h12-78H,1-11H3. The van der Waals surface area contributed by atoms with Gasteiger partial charge in [-0.05, 0) is 300 Å². The summed E-state index contributed by atoms with van der Waals surface area (Å²) in [6.07, 6.45) is 0. The zero-order valence-electron chi connectivity index (χ0n) is 74.0. The smallest absolute Gasteiger partial charge is 0.0550 e. The van der Waals surface area contributed by atoms with Crippen LogP contribution in [0.2, 0.25) is 0 Å². The third-order valence-electron chi connectivity index (χ3n) is 27.1. The van der Waals surface area contributed by atoms with Crippen LogP contribution in [0.3, 0.4) is 0 Å². The van der Waals surface area contributed by atoms with Crippen LogP contribution in [0, 0.1) is 0 Å². The van der Waals surface area contributed by atoms with Gasteiger partial charge in [0, 0.05) is 72.3 Å². The Hall–Kier alpha value is -14.8. The molecular weight excluding hydrogens is 1530 g/mol. The summed E-state index contributed by atoms with van der Waals surface area (Å²) < 4.78 is 5.06. The molecule has 4 nitrogen and oxygen atoms in total. The van der Waals surface area contributed by atoms with E-state index < -0.39 is 0 Å². The second-order valence-corrected chi connectivity index (χ2v) is 38.6. The van der Waals surface area contributed by atoms with Gasteiger partial charge >= 0.3 is 0 Å². The van der Waals surface area contributed by atoms with Crippen molar-refractivity contribution in [3.63, 3.8) is 0 Å². The van der Waals surface area contributed by atoms with Gasteiger partial charge < -0.3 is 18.9 Å². The number of benzene rings is 19. The third-order valence-corrected chi connectivity index (χ3v) is 27.1. The first kappa shape index (κ1) is 78.2. The Bertz CT molecular complexity index is 7810. The average molecular weight is 1630 g/mol. The number of hydrogen-bond acceptors (Lipinski definition) is 2. The molecule has 0 atom stereocenters. The van der Waals surface area contributed by atoms with Gasteiger partial charge in [0.2, 0.25) is 0 Å². The monoisotopic (exact) mass is 1630 g/mol. The van der Waals surface area contributed by atoms with Crippen molar-refractivity contribution in [2.45, 2.75) is 97.8 Å². The number of fused-ring (bicyclic) bond motifs is 19. The minimum Gasteiger partial charge on any atom is -0.310 e. The lowest BCUT2D eigenvalue weighted by molar-refractivity contribution is 0.590. The van der Waals surface area contributed by atoms with Gasteiger partial charge in [0.05, 0.1) is 27.8 Å². The van der Waals surface area contributed by atoms with Gasteiger partial charge in [0.15, 0.2) is 0 Å². The number of rotatable bonds is 11. The molecule has 0 radical (unpaired) electrons. The summed E-state index contributed by atoms with van der Waals surface area (Å²) >= 11 is 0. The Morgan fingerprint density at radius 1 is 0.220 bits per heavy atom. The van der Waals surface area contributed by atoms with Crippen LogP contribution in [-0.4, -0.2) is 9.13 Å². The van der Waals surface area contributed by atoms with Gasteiger partial charge in [-0.25, -0.2) is 0 Å². The van der Waals surface area contributed by atoms with Crippen molar-refractivity contribution in [3.8, 4) is 89.3 Å². The van der Waals surface area contributed by atoms with Crippen molar-refractivity contribution >= 4 is 110 Å². The molecule has 0 saturated carbocycles. The minimum atomic E-state index is -0.368. The van der Waals surface area contributed by atoms with E-state index in [0.29, 0.717) is 0 Å². The molecule has 0 unspecified atom stereocenters. The predicted molar refractivity (Wildman–Crippen MR) is 543 cm³/mol. The molecule has 127 heavy (non-hydrogen) atoms. The highest BCUT2D eigenvalue weighted by atomic mass is 15.2. The summed E-state index contributed by atoms with van der Waals surface area (Å²) in [4.78, 5) is 4.90. The molecule has 0 amide bonds. The summed E-state index contributed by atoms with van der Waals surface area (Å²) in [5.74, 6) is 0. The van der Waals surface area contributed by atoms with Crippen molar-refractivity contribution in [2.75, 3.05) is 9.80 Å². The van der Waals surface area contributed by atoms with E-state index in [1.807, 2.05) is 0 Å². The van der Waals surface area contributed by atoms with Crippen molar-refractivity contribution < 1.29 is 0 Å². The zero-order valence-corrected chi connectivity index (χ0v) is 74.0. The van der Waals surface area contributed by atoms with Crippen LogP contribution < -0.4 is 9.80 Å². The van der Waals surface area contributed by atoms with E-state index in [1.165, 1.54) is 159 Å². The fourth-order valence-corrected chi connectivity index (χ4v) is 19.8. The summed E-state index contributed by atoms with van der Waals surface area (Å²) in [6.45, 7) is 25.8. The first-order chi connectivity index (χ1) is 61.5. The maximum absolute atomic E-state index is 2.54. The molecule has 2 aromatic heterocycles. The molecule has 612 valence electrons. The molecule has 19 aromatic carbocycles. The first-order valence-electron chi connectivity index (χ1n) is 44.8. The quantitative estimate of drug-likeness (QED) is 0.128. The highest BCUT2D eigenvalue weighted by Crippen LogP contribution is 2.51. The number of anilines is 6. The van der Waals surface area contributed by atoms with Crippen LogP contribution in [0.1, 0.15) is 104 Å². The van der Waals surface area contributed by atoms with Crippen molar-refractivity contribution in [1.82, 2.24) is 9.13 Å². The van der Waals surface area contributed by atoms with Crippen LogP contribution in [0.5, 0.6) is 0 Å². The minimum absolute atomic E-state index is 0.0387.